The number of rotatable bonds is 8. The molecule has 150 valence electrons. The Morgan fingerprint density at radius 2 is 1.79 bits per heavy atom. The molecule has 0 radical (unpaired) electrons. The molecule has 0 aliphatic heterocycles. The van der Waals surface area contributed by atoms with Crippen LogP contribution in [0.2, 0.25) is 5.02 Å². The van der Waals surface area contributed by atoms with E-state index in [1.54, 1.807) is 16.4 Å². The van der Waals surface area contributed by atoms with E-state index in [2.05, 4.69) is 20.8 Å². The van der Waals surface area contributed by atoms with Crippen molar-refractivity contribution in [3.05, 3.63) is 77.5 Å². The highest BCUT2D eigenvalue weighted by Crippen LogP contribution is 2.24. The third kappa shape index (κ3) is 5.61. The van der Waals surface area contributed by atoms with E-state index < -0.39 is 0 Å². The Labute approximate surface area is 184 Å². The molecule has 2 aromatic heterocycles. The predicted octanol–water partition coefficient (Wildman–Crippen LogP) is 4.88. The molecule has 2 heterocycles. The van der Waals surface area contributed by atoms with Crippen LogP contribution in [0.4, 0.5) is 0 Å². The Morgan fingerprint density at radius 3 is 2.59 bits per heavy atom. The van der Waals surface area contributed by atoms with E-state index >= 15 is 0 Å². The second-order valence-electron chi connectivity index (χ2n) is 6.01. The van der Waals surface area contributed by atoms with E-state index in [0.717, 1.165) is 40.2 Å². The number of para-hydroxylation sites is 1. The number of tetrazole rings is 1. The molecule has 2 aromatic carbocycles. The number of benzene rings is 2. The molecule has 0 spiro atoms. The SMILES string of the molecule is Cl.Clc1ccc(-c2ccc(CNCCSc3nnnn3-c3ccccc3)o2)cc1. The molecule has 0 amide bonds. The van der Waals surface area contributed by atoms with E-state index in [9.17, 15) is 0 Å². The van der Waals surface area contributed by atoms with Crippen LogP contribution in [0.1, 0.15) is 5.76 Å². The molecule has 4 rings (SSSR count). The zero-order chi connectivity index (χ0) is 19.2. The number of hydrogen-bond acceptors (Lipinski definition) is 6. The molecule has 29 heavy (non-hydrogen) atoms. The van der Waals surface area contributed by atoms with Crippen molar-refractivity contribution in [2.24, 2.45) is 0 Å². The summed E-state index contributed by atoms with van der Waals surface area (Å²) in [5.41, 5.74) is 1.97. The van der Waals surface area contributed by atoms with Crippen LogP contribution in [0.25, 0.3) is 17.0 Å². The lowest BCUT2D eigenvalue weighted by Crippen LogP contribution is -2.16. The summed E-state index contributed by atoms with van der Waals surface area (Å²) < 4.78 is 7.64. The molecule has 0 saturated carbocycles. The molecule has 0 saturated heterocycles. The van der Waals surface area contributed by atoms with Gasteiger partial charge in [0.1, 0.15) is 11.5 Å². The number of thioether (sulfide) groups is 1. The number of halogens is 2. The predicted molar refractivity (Wildman–Crippen MR) is 118 cm³/mol. The van der Waals surface area contributed by atoms with E-state index in [0.29, 0.717) is 11.6 Å². The van der Waals surface area contributed by atoms with Crippen molar-refractivity contribution in [1.82, 2.24) is 25.5 Å². The lowest BCUT2D eigenvalue weighted by molar-refractivity contribution is 0.499. The first-order valence-corrected chi connectivity index (χ1v) is 10.2. The Bertz CT molecular complexity index is 1020. The largest absolute Gasteiger partial charge is 0.460 e. The zero-order valence-corrected chi connectivity index (χ0v) is 17.8. The first kappa shape index (κ1) is 21.4. The molecule has 9 heteroatoms. The van der Waals surface area contributed by atoms with Crippen molar-refractivity contribution in [2.45, 2.75) is 11.7 Å². The summed E-state index contributed by atoms with van der Waals surface area (Å²) in [5.74, 6) is 2.58. The number of aromatic nitrogens is 4. The van der Waals surface area contributed by atoms with Crippen LogP contribution in [-0.4, -0.2) is 32.5 Å². The molecule has 0 bridgehead atoms. The molecule has 1 N–H and O–H groups in total. The summed E-state index contributed by atoms with van der Waals surface area (Å²) in [5, 5.41) is 16.8. The van der Waals surface area contributed by atoms with Crippen molar-refractivity contribution >= 4 is 35.8 Å². The number of nitrogens with one attached hydrogen (secondary N) is 1. The third-order valence-electron chi connectivity index (χ3n) is 4.04. The van der Waals surface area contributed by atoms with Crippen molar-refractivity contribution < 1.29 is 4.42 Å². The molecular weight excluding hydrogens is 429 g/mol. The second-order valence-corrected chi connectivity index (χ2v) is 7.51. The fourth-order valence-corrected chi connectivity index (χ4v) is 3.58. The highest BCUT2D eigenvalue weighted by molar-refractivity contribution is 7.99. The van der Waals surface area contributed by atoms with Crippen LogP contribution >= 0.6 is 35.8 Å². The normalized spacial score (nSPS) is 10.7. The molecule has 0 fully saturated rings. The Morgan fingerprint density at radius 1 is 1.00 bits per heavy atom. The first-order chi connectivity index (χ1) is 13.8. The standard InChI is InChI=1S/C20H18ClN5OS.ClH/c21-16-8-6-15(7-9-16)19-11-10-18(27-19)14-22-12-13-28-20-23-24-25-26(20)17-4-2-1-3-5-17;/h1-11,22H,12-14H2;1H. The monoisotopic (exact) mass is 447 g/mol. The Hall–Kier alpha value is -2.32. The minimum absolute atomic E-state index is 0. The summed E-state index contributed by atoms with van der Waals surface area (Å²) in [6, 6.07) is 21.4. The maximum Gasteiger partial charge on any atom is 0.214 e. The van der Waals surface area contributed by atoms with Crippen LogP contribution in [-0.2, 0) is 6.54 Å². The van der Waals surface area contributed by atoms with Crippen LogP contribution in [0, 0.1) is 0 Å². The molecular formula is C20H19Cl2N5OS. The number of hydrogen-bond donors (Lipinski definition) is 1. The highest BCUT2D eigenvalue weighted by atomic mass is 35.5. The molecule has 0 aliphatic carbocycles. The van der Waals surface area contributed by atoms with Gasteiger partial charge < -0.3 is 9.73 Å². The lowest BCUT2D eigenvalue weighted by atomic mass is 10.2. The minimum atomic E-state index is 0. The molecule has 6 nitrogen and oxygen atoms in total. The lowest BCUT2D eigenvalue weighted by Gasteiger charge is -2.05. The van der Waals surface area contributed by atoms with Crippen LogP contribution in [0.5, 0.6) is 0 Å². The van der Waals surface area contributed by atoms with Gasteiger partial charge in [0, 0.05) is 22.9 Å². The van der Waals surface area contributed by atoms with Gasteiger partial charge in [-0.2, -0.15) is 4.68 Å². The van der Waals surface area contributed by atoms with Crippen LogP contribution < -0.4 is 5.32 Å². The van der Waals surface area contributed by atoms with E-state index in [4.69, 9.17) is 16.0 Å². The maximum absolute atomic E-state index is 5.93. The van der Waals surface area contributed by atoms with Crippen molar-refractivity contribution in [2.75, 3.05) is 12.3 Å². The van der Waals surface area contributed by atoms with Gasteiger partial charge in [0.25, 0.3) is 0 Å². The molecule has 0 atom stereocenters. The summed E-state index contributed by atoms with van der Waals surface area (Å²) >= 11 is 7.54. The summed E-state index contributed by atoms with van der Waals surface area (Å²) in [7, 11) is 0. The van der Waals surface area contributed by atoms with Gasteiger partial charge in [0.05, 0.1) is 12.2 Å². The van der Waals surface area contributed by atoms with Crippen molar-refractivity contribution in [1.29, 1.82) is 0 Å². The van der Waals surface area contributed by atoms with Gasteiger partial charge in [-0.1, -0.05) is 41.6 Å². The highest BCUT2D eigenvalue weighted by Gasteiger charge is 2.08. The zero-order valence-electron chi connectivity index (χ0n) is 15.4. The Kier molecular flexibility index (Phi) is 7.71. The van der Waals surface area contributed by atoms with Gasteiger partial charge in [-0.3, -0.25) is 0 Å². The van der Waals surface area contributed by atoms with Crippen LogP contribution in [0.15, 0.2) is 76.3 Å². The van der Waals surface area contributed by atoms with Crippen LogP contribution in [0.3, 0.4) is 0 Å². The summed E-state index contributed by atoms with van der Waals surface area (Å²) in [6.45, 7) is 1.47. The molecule has 4 aromatic rings. The quantitative estimate of drug-likeness (QED) is 0.306. The first-order valence-electron chi connectivity index (χ1n) is 8.81. The average molecular weight is 448 g/mol. The molecule has 0 unspecified atom stereocenters. The number of furan rings is 1. The van der Waals surface area contributed by atoms with Gasteiger partial charge in [0.15, 0.2) is 0 Å². The summed E-state index contributed by atoms with van der Waals surface area (Å²) in [4.78, 5) is 0. The van der Waals surface area contributed by atoms with E-state index in [1.807, 2.05) is 66.7 Å². The topological polar surface area (TPSA) is 68.8 Å². The van der Waals surface area contributed by atoms with Gasteiger partial charge >= 0.3 is 0 Å². The maximum atomic E-state index is 5.93. The fourth-order valence-electron chi connectivity index (χ4n) is 2.67. The Balaban J connectivity index is 0.00000240. The number of nitrogens with zero attached hydrogens (tertiary/aromatic N) is 4. The van der Waals surface area contributed by atoms with E-state index in [1.165, 1.54) is 0 Å². The second kappa shape index (κ2) is 10.5. The van der Waals surface area contributed by atoms with Crippen molar-refractivity contribution in [3.8, 4) is 17.0 Å². The summed E-state index contributed by atoms with van der Waals surface area (Å²) in [6.07, 6.45) is 0. The smallest absolute Gasteiger partial charge is 0.214 e. The fraction of sp³-hybridized carbons (Fsp3) is 0.150. The average Bonchev–Trinajstić information content (AvgIpc) is 3.39. The van der Waals surface area contributed by atoms with Gasteiger partial charge in [-0.25, -0.2) is 0 Å². The third-order valence-corrected chi connectivity index (χ3v) is 5.21. The molecule has 0 aliphatic rings. The van der Waals surface area contributed by atoms with E-state index in [-0.39, 0.29) is 12.4 Å². The van der Waals surface area contributed by atoms with Gasteiger partial charge in [-0.15, -0.1) is 17.5 Å². The minimum Gasteiger partial charge on any atom is -0.460 e. The van der Waals surface area contributed by atoms with Crippen molar-refractivity contribution in [3.63, 3.8) is 0 Å². The van der Waals surface area contributed by atoms with Gasteiger partial charge in [0.2, 0.25) is 5.16 Å². The van der Waals surface area contributed by atoms with Gasteiger partial charge in [-0.05, 0) is 59.0 Å².